The molecule has 0 unspecified atom stereocenters. The number of halogens is 1. The van der Waals surface area contributed by atoms with E-state index in [9.17, 15) is 14.3 Å². The Bertz CT molecular complexity index is 680. The number of hydrogen-bond acceptors (Lipinski definition) is 4. The van der Waals surface area contributed by atoms with Gasteiger partial charge in [-0.3, -0.25) is 4.79 Å². The summed E-state index contributed by atoms with van der Waals surface area (Å²) >= 11 is 0. The lowest BCUT2D eigenvalue weighted by Gasteiger charge is -2.06. The Morgan fingerprint density at radius 1 is 1.42 bits per heavy atom. The number of nitrogens with one attached hydrogen (secondary N) is 1. The number of aromatic hydroxyl groups is 1. The molecule has 0 fully saturated rings. The van der Waals surface area contributed by atoms with Gasteiger partial charge in [0.2, 0.25) is 0 Å². The first kappa shape index (κ1) is 12.5. The molecule has 0 aliphatic heterocycles. The van der Waals surface area contributed by atoms with E-state index in [1.54, 1.807) is 6.07 Å². The minimum absolute atomic E-state index is 0.148. The van der Waals surface area contributed by atoms with Gasteiger partial charge < -0.3 is 10.4 Å². The van der Waals surface area contributed by atoms with Crippen LogP contribution in [0.3, 0.4) is 0 Å². The third kappa shape index (κ3) is 2.66. The fourth-order valence-corrected chi connectivity index (χ4v) is 1.45. The van der Waals surface area contributed by atoms with E-state index < -0.39 is 11.7 Å². The molecule has 0 radical (unpaired) electrons. The van der Waals surface area contributed by atoms with Gasteiger partial charge in [-0.1, -0.05) is 0 Å². The molecular formula is C13H8FN3O2. The first-order chi connectivity index (χ1) is 9.11. The molecule has 0 saturated carbocycles. The average molecular weight is 257 g/mol. The van der Waals surface area contributed by atoms with Crippen LogP contribution in [0.2, 0.25) is 0 Å². The summed E-state index contributed by atoms with van der Waals surface area (Å²) < 4.78 is 13.1. The Morgan fingerprint density at radius 2 is 2.21 bits per heavy atom. The van der Waals surface area contributed by atoms with Crippen molar-refractivity contribution in [2.75, 3.05) is 5.32 Å². The van der Waals surface area contributed by atoms with Gasteiger partial charge in [0, 0.05) is 11.9 Å². The number of benzene rings is 1. The van der Waals surface area contributed by atoms with E-state index in [-0.39, 0.29) is 22.7 Å². The van der Waals surface area contributed by atoms with Crippen LogP contribution in [0.25, 0.3) is 0 Å². The maximum Gasteiger partial charge on any atom is 0.278 e. The predicted octanol–water partition coefficient (Wildman–Crippen LogP) is 2.05. The lowest BCUT2D eigenvalue weighted by Crippen LogP contribution is -2.13. The quantitative estimate of drug-likeness (QED) is 0.862. The summed E-state index contributed by atoms with van der Waals surface area (Å²) in [6.45, 7) is 0. The van der Waals surface area contributed by atoms with Gasteiger partial charge in [0.15, 0.2) is 5.69 Å². The van der Waals surface area contributed by atoms with Crippen molar-refractivity contribution in [3.05, 3.63) is 53.6 Å². The number of nitrogens with zero attached hydrogens (tertiary/aromatic N) is 2. The molecule has 0 aliphatic rings. The summed E-state index contributed by atoms with van der Waals surface area (Å²) in [5.74, 6) is -1.57. The SMILES string of the molecule is N#Cc1cc(NC(=O)c2ncccc2O)ccc1F. The summed E-state index contributed by atoms with van der Waals surface area (Å²) in [7, 11) is 0. The molecule has 6 heteroatoms. The number of hydrogen-bond donors (Lipinski definition) is 2. The molecule has 0 atom stereocenters. The van der Waals surface area contributed by atoms with Gasteiger partial charge in [-0.05, 0) is 30.3 Å². The fourth-order valence-electron chi connectivity index (χ4n) is 1.45. The molecule has 1 aromatic heterocycles. The first-order valence-corrected chi connectivity index (χ1v) is 5.27. The minimum atomic E-state index is -0.666. The van der Waals surface area contributed by atoms with Crippen LogP contribution >= 0.6 is 0 Å². The molecule has 0 aliphatic carbocycles. The molecular weight excluding hydrogens is 249 g/mol. The van der Waals surface area contributed by atoms with E-state index in [1.165, 1.54) is 30.5 Å². The van der Waals surface area contributed by atoms with E-state index >= 15 is 0 Å². The third-order valence-electron chi connectivity index (χ3n) is 2.35. The number of rotatable bonds is 2. The predicted molar refractivity (Wildman–Crippen MR) is 65.0 cm³/mol. The van der Waals surface area contributed by atoms with Crippen LogP contribution in [0.4, 0.5) is 10.1 Å². The highest BCUT2D eigenvalue weighted by Crippen LogP contribution is 2.17. The van der Waals surface area contributed by atoms with Crippen LogP contribution in [0.1, 0.15) is 16.1 Å². The summed E-state index contributed by atoms with van der Waals surface area (Å²) in [5, 5.41) is 20.6. The topological polar surface area (TPSA) is 86.0 Å². The van der Waals surface area contributed by atoms with Gasteiger partial charge in [-0.25, -0.2) is 9.37 Å². The molecule has 1 aromatic carbocycles. The van der Waals surface area contributed by atoms with E-state index in [4.69, 9.17) is 5.26 Å². The van der Waals surface area contributed by atoms with E-state index in [0.717, 1.165) is 6.07 Å². The highest BCUT2D eigenvalue weighted by atomic mass is 19.1. The number of carbonyl (C=O) groups is 1. The molecule has 94 valence electrons. The van der Waals surface area contributed by atoms with E-state index in [2.05, 4.69) is 10.3 Å². The van der Waals surface area contributed by atoms with Gasteiger partial charge in [-0.15, -0.1) is 0 Å². The molecule has 2 rings (SSSR count). The maximum atomic E-state index is 13.1. The van der Waals surface area contributed by atoms with Crippen LogP contribution in [-0.4, -0.2) is 16.0 Å². The molecule has 1 heterocycles. The number of carbonyl (C=O) groups excluding carboxylic acids is 1. The fraction of sp³-hybridized carbons (Fsp3) is 0. The van der Waals surface area contributed by atoms with E-state index in [1.807, 2.05) is 0 Å². The molecule has 2 N–H and O–H groups in total. The summed E-state index contributed by atoms with van der Waals surface area (Å²) in [6.07, 6.45) is 1.36. The second-order valence-corrected chi connectivity index (χ2v) is 3.63. The summed E-state index contributed by atoms with van der Waals surface area (Å²) in [4.78, 5) is 15.5. The van der Waals surface area contributed by atoms with Crippen LogP contribution in [0, 0.1) is 17.1 Å². The van der Waals surface area contributed by atoms with Crippen molar-refractivity contribution >= 4 is 11.6 Å². The van der Waals surface area contributed by atoms with Crippen LogP contribution in [0.15, 0.2) is 36.5 Å². The highest BCUT2D eigenvalue weighted by Gasteiger charge is 2.13. The normalized spacial score (nSPS) is 9.68. The molecule has 0 bridgehead atoms. The van der Waals surface area contributed by atoms with Crippen molar-refractivity contribution in [3.8, 4) is 11.8 Å². The van der Waals surface area contributed by atoms with Gasteiger partial charge in [0.25, 0.3) is 5.91 Å². The maximum absolute atomic E-state index is 13.1. The molecule has 0 spiro atoms. The van der Waals surface area contributed by atoms with Crippen molar-refractivity contribution < 1.29 is 14.3 Å². The molecule has 5 nitrogen and oxygen atoms in total. The van der Waals surface area contributed by atoms with Gasteiger partial charge >= 0.3 is 0 Å². The Morgan fingerprint density at radius 3 is 2.89 bits per heavy atom. The zero-order chi connectivity index (χ0) is 13.8. The smallest absolute Gasteiger partial charge is 0.278 e. The van der Waals surface area contributed by atoms with Crippen molar-refractivity contribution in [3.63, 3.8) is 0 Å². The number of anilines is 1. The highest BCUT2D eigenvalue weighted by molar-refractivity contribution is 6.04. The van der Waals surface area contributed by atoms with Crippen LogP contribution in [0.5, 0.6) is 5.75 Å². The largest absolute Gasteiger partial charge is 0.505 e. The van der Waals surface area contributed by atoms with Gasteiger partial charge in [0.1, 0.15) is 17.6 Å². The number of nitriles is 1. The molecule has 19 heavy (non-hydrogen) atoms. The van der Waals surface area contributed by atoms with Crippen LogP contribution < -0.4 is 5.32 Å². The Hall–Kier alpha value is -2.94. The molecule has 2 aromatic rings. The van der Waals surface area contributed by atoms with Crippen molar-refractivity contribution in [2.24, 2.45) is 0 Å². The number of amides is 1. The average Bonchev–Trinajstić information content (AvgIpc) is 2.41. The zero-order valence-corrected chi connectivity index (χ0v) is 9.59. The lowest BCUT2D eigenvalue weighted by molar-refractivity contribution is 0.101. The first-order valence-electron chi connectivity index (χ1n) is 5.27. The number of pyridine rings is 1. The molecule has 1 amide bonds. The Labute approximate surface area is 108 Å². The Kier molecular flexibility index (Phi) is 3.39. The second kappa shape index (κ2) is 5.14. The number of aromatic nitrogens is 1. The van der Waals surface area contributed by atoms with E-state index in [0.29, 0.717) is 0 Å². The van der Waals surface area contributed by atoms with Gasteiger partial charge in [-0.2, -0.15) is 5.26 Å². The summed E-state index contributed by atoms with van der Waals surface area (Å²) in [5.41, 5.74) is -0.0821. The molecule has 0 saturated heterocycles. The monoisotopic (exact) mass is 257 g/mol. The zero-order valence-electron chi connectivity index (χ0n) is 9.59. The van der Waals surface area contributed by atoms with Crippen molar-refractivity contribution in [1.82, 2.24) is 4.98 Å². The standard InChI is InChI=1S/C13H8FN3O2/c14-10-4-3-9(6-8(10)7-15)17-13(19)12-11(18)2-1-5-16-12/h1-6,18H,(H,17,19). The van der Waals surface area contributed by atoms with Gasteiger partial charge in [0.05, 0.1) is 5.56 Å². The summed E-state index contributed by atoms with van der Waals surface area (Å²) in [6, 6.07) is 8.07. The lowest BCUT2D eigenvalue weighted by atomic mass is 10.2. The Balaban J connectivity index is 2.25. The minimum Gasteiger partial charge on any atom is -0.505 e. The van der Waals surface area contributed by atoms with Crippen molar-refractivity contribution in [2.45, 2.75) is 0 Å². The van der Waals surface area contributed by atoms with Crippen molar-refractivity contribution in [1.29, 1.82) is 5.26 Å². The third-order valence-corrected chi connectivity index (χ3v) is 2.35. The second-order valence-electron chi connectivity index (χ2n) is 3.63. The van der Waals surface area contributed by atoms with Crippen LogP contribution in [-0.2, 0) is 0 Å².